The SMILES string of the molecule is CCOC1OC1CCN. The molecule has 1 fully saturated rings. The molecule has 2 atom stereocenters. The number of nitrogens with two attached hydrogens (primary N) is 1. The van der Waals surface area contributed by atoms with Crippen molar-refractivity contribution in [2.45, 2.75) is 25.7 Å². The van der Waals surface area contributed by atoms with Crippen LogP contribution in [0.25, 0.3) is 0 Å². The van der Waals surface area contributed by atoms with Gasteiger partial charge in [0.1, 0.15) is 6.10 Å². The summed E-state index contributed by atoms with van der Waals surface area (Å²) in [4.78, 5) is 0. The van der Waals surface area contributed by atoms with Gasteiger partial charge in [0.15, 0.2) is 6.29 Å². The van der Waals surface area contributed by atoms with Crippen LogP contribution < -0.4 is 5.73 Å². The molecule has 1 saturated heterocycles. The molecule has 0 saturated carbocycles. The normalized spacial score (nSPS) is 32.7. The molecule has 9 heavy (non-hydrogen) atoms. The minimum absolute atomic E-state index is 0.0542. The first-order chi connectivity index (χ1) is 4.38. The second kappa shape index (κ2) is 3.15. The first-order valence-corrected chi connectivity index (χ1v) is 3.35. The average Bonchev–Trinajstić information content (AvgIpc) is 2.50. The Morgan fingerprint density at radius 3 is 3.00 bits per heavy atom. The van der Waals surface area contributed by atoms with Crippen molar-refractivity contribution in [1.82, 2.24) is 0 Å². The van der Waals surface area contributed by atoms with Crippen LogP contribution in [0.3, 0.4) is 0 Å². The maximum Gasteiger partial charge on any atom is 0.184 e. The fraction of sp³-hybridized carbons (Fsp3) is 1.00. The van der Waals surface area contributed by atoms with Gasteiger partial charge in [-0.3, -0.25) is 0 Å². The molecule has 2 unspecified atom stereocenters. The molecule has 0 aromatic carbocycles. The molecule has 0 aliphatic carbocycles. The number of hydrogen-bond donors (Lipinski definition) is 1. The molecule has 0 radical (unpaired) electrons. The Labute approximate surface area is 55.1 Å². The van der Waals surface area contributed by atoms with Gasteiger partial charge in [-0.1, -0.05) is 0 Å². The van der Waals surface area contributed by atoms with Crippen molar-refractivity contribution < 1.29 is 9.47 Å². The Bertz CT molecular complexity index is 77.1. The van der Waals surface area contributed by atoms with Gasteiger partial charge in [-0.2, -0.15) is 0 Å². The molecule has 1 aliphatic heterocycles. The summed E-state index contributed by atoms with van der Waals surface area (Å²) in [6.45, 7) is 3.38. The second-order valence-electron chi connectivity index (χ2n) is 2.08. The van der Waals surface area contributed by atoms with Crippen LogP contribution in [-0.4, -0.2) is 25.5 Å². The van der Waals surface area contributed by atoms with Gasteiger partial charge < -0.3 is 15.2 Å². The van der Waals surface area contributed by atoms with Crippen LogP contribution >= 0.6 is 0 Å². The lowest BCUT2D eigenvalue weighted by Gasteiger charge is -1.90. The molecule has 0 bridgehead atoms. The van der Waals surface area contributed by atoms with Gasteiger partial charge in [-0.05, 0) is 19.9 Å². The zero-order valence-corrected chi connectivity index (χ0v) is 5.67. The van der Waals surface area contributed by atoms with E-state index in [2.05, 4.69) is 0 Å². The maximum atomic E-state index is 5.29. The molecule has 54 valence electrons. The van der Waals surface area contributed by atoms with E-state index in [0.29, 0.717) is 6.54 Å². The van der Waals surface area contributed by atoms with Gasteiger partial charge in [-0.25, -0.2) is 0 Å². The molecular weight excluding hydrogens is 118 g/mol. The highest BCUT2D eigenvalue weighted by Crippen LogP contribution is 2.25. The van der Waals surface area contributed by atoms with E-state index >= 15 is 0 Å². The van der Waals surface area contributed by atoms with Gasteiger partial charge in [0, 0.05) is 6.61 Å². The summed E-state index contributed by atoms with van der Waals surface area (Å²) in [6, 6.07) is 0. The van der Waals surface area contributed by atoms with E-state index in [1.807, 2.05) is 6.92 Å². The molecule has 3 heteroatoms. The number of ether oxygens (including phenoxy) is 2. The average molecular weight is 131 g/mol. The zero-order chi connectivity index (χ0) is 6.69. The standard InChI is InChI=1S/C6H13NO2/c1-2-8-6-5(9-6)3-4-7/h5-6H,2-4,7H2,1H3. The van der Waals surface area contributed by atoms with E-state index < -0.39 is 0 Å². The summed E-state index contributed by atoms with van der Waals surface area (Å²) < 4.78 is 10.2. The molecular formula is C6H13NO2. The van der Waals surface area contributed by atoms with E-state index in [1.54, 1.807) is 0 Å². The van der Waals surface area contributed by atoms with Crippen molar-refractivity contribution in [1.29, 1.82) is 0 Å². The van der Waals surface area contributed by atoms with Crippen LogP contribution in [-0.2, 0) is 9.47 Å². The van der Waals surface area contributed by atoms with Crippen LogP contribution in [0.4, 0.5) is 0 Å². The summed E-state index contributed by atoms with van der Waals surface area (Å²) in [6.07, 6.45) is 1.26. The Hall–Kier alpha value is -0.120. The van der Waals surface area contributed by atoms with E-state index in [1.165, 1.54) is 0 Å². The smallest absolute Gasteiger partial charge is 0.184 e. The predicted octanol–water partition coefficient (Wildman–Crippen LogP) is 0.0966. The maximum absolute atomic E-state index is 5.29. The van der Waals surface area contributed by atoms with Gasteiger partial charge in [0.25, 0.3) is 0 Å². The molecule has 0 amide bonds. The lowest BCUT2D eigenvalue weighted by atomic mass is 10.3. The molecule has 0 spiro atoms. The molecule has 1 heterocycles. The highest BCUT2D eigenvalue weighted by atomic mass is 16.8. The van der Waals surface area contributed by atoms with Gasteiger partial charge >= 0.3 is 0 Å². The van der Waals surface area contributed by atoms with Crippen molar-refractivity contribution in [3.63, 3.8) is 0 Å². The van der Waals surface area contributed by atoms with Crippen LogP contribution in [0.1, 0.15) is 13.3 Å². The zero-order valence-electron chi connectivity index (χ0n) is 5.67. The minimum Gasteiger partial charge on any atom is -0.350 e. The Balaban J connectivity index is 1.96. The number of hydrogen-bond acceptors (Lipinski definition) is 3. The van der Waals surface area contributed by atoms with Crippen molar-refractivity contribution in [2.24, 2.45) is 5.73 Å². The quantitative estimate of drug-likeness (QED) is 0.550. The highest BCUT2D eigenvalue weighted by Gasteiger charge is 2.38. The third-order valence-corrected chi connectivity index (χ3v) is 1.32. The van der Waals surface area contributed by atoms with Crippen molar-refractivity contribution in [3.05, 3.63) is 0 Å². The van der Waals surface area contributed by atoms with Crippen LogP contribution in [0.5, 0.6) is 0 Å². The van der Waals surface area contributed by atoms with E-state index in [0.717, 1.165) is 13.0 Å². The third kappa shape index (κ3) is 1.93. The predicted molar refractivity (Wildman–Crippen MR) is 34.0 cm³/mol. The minimum atomic E-state index is 0.0542. The fourth-order valence-corrected chi connectivity index (χ4v) is 0.806. The van der Waals surface area contributed by atoms with Crippen molar-refractivity contribution >= 4 is 0 Å². The van der Waals surface area contributed by atoms with Crippen LogP contribution in [0, 0.1) is 0 Å². The van der Waals surface area contributed by atoms with E-state index in [-0.39, 0.29) is 12.4 Å². The topological polar surface area (TPSA) is 47.8 Å². The largest absolute Gasteiger partial charge is 0.350 e. The lowest BCUT2D eigenvalue weighted by Crippen LogP contribution is -2.06. The van der Waals surface area contributed by atoms with Crippen LogP contribution in [0.15, 0.2) is 0 Å². The van der Waals surface area contributed by atoms with Crippen molar-refractivity contribution in [3.8, 4) is 0 Å². The first-order valence-electron chi connectivity index (χ1n) is 3.35. The third-order valence-electron chi connectivity index (χ3n) is 1.32. The van der Waals surface area contributed by atoms with E-state index in [4.69, 9.17) is 15.2 Å². The van der Waals surface area contributed by atoms with Gasteiger partial charge in [0.2, 0.25) is 0 Å². The fourth-order valence-electron chi connectivity index (χ4n) is 0.806. The lowest BCUT2D eigenvalue weighted by molar-refractivity contribution is 0.0593. The van der Waals surface area contributed by atoms with E-state index in [9.17, 15) is 0 Å². The second-order valence-corrected chi connectivity index (χ2v) is 2.08. The van der Waals surface area contributed by atoms with Crippen molar-refractivity contribution in [2.75, 3.05) is 13.2 Å². The Kier molecular flexibility index (Phi) is 2.45. The summed E-state index contributed by atoms with van der Waals surface area (Å²) in [7, 11) is 0. The first kappa shape index (κ1) is 6.99. The summed E-state index contributed by atoms with van der Waals surface area (Å²) in [5.41, 5.74) is 5.29. The molecule has 1 rings (SSSR count). The molecule has 0 aromatic heterocycles. The number of epoxide rings is 1. The summed E-state index contributed by atoms with van der Waals surface area (Å²) >= 11 is 0. The molecule has 1 aliphatic rings. The van der Waals surface area contributed by atoms with Gasteiger partial charge in [-0.15, -0.1) is 0 Å². The Morgan fingerprint density at radius 1 is 1.67 bits per heavy atom. The Morgan fingerprint density at radius 2 is 2.44 bits per heavy atom. The molecule has 0 aromatic rings. The highest BCUT2D eigenvalue weighted by molar-refractivity contribution is 4.76. The number of rotatable bonds is 4. The summed E-state index contributed by atoms with van der Waals surface area (Å²) in [5, 5.41) is 0. The van der Waals surface area contributed by atoms with Crippen LogP contribution in [0.2, 0.25) is 0 Å². The summed E-state index contributed by atoms with van der Waals surface area (Å²) in [5.74, 6) is 0. The molecule has 2 N–H and O–H groups in total. The molecule has 3 nitrogen and oxygen atoms in total. The van der Waals surface area contributed by atoms with Gasteiger partial charge in [0.05, 0.1) is 0 Å². The monoisotopic (exact) mass is 131 g/mol.